The lowest BCUT2D eigenvalue weighted by molar-refractivity contribution is 0.0997. The number of rotatable bonds is 1. The molecule has 0 saturated carbocycles. The van der Waals surface area contributed by atoms with Crippen LogP contribution in [-0.2, 0) is 0 Å². The van der Waals surface area contributed by atoms with Crippen LogP contribution in [0.25, 0.3) is 0 Å². The average Bonchev–Trinajstić information content (AvgIpc) is 1.94. The van der Waals surface area contributed by atoms with Crippen LogP contribution in [0.1, 0.15) is 10.4 Å². The molecule has 0 radical (unpaired) electrons. The fraction of sp³-hybridized carbons (Fsp3) is 0. The van der Waals surface area contributed by atoms with Gasteiger partial charge in [-0.3, -0.25) is 4.79 Å². The van der Waals surface area contributed by atoms with Crippen LogP contribution in [0.5, 0.6) is 0 Å². The lowest BCUT2D eigenvalue weighted by atomic mass is 10.2. The van der Waals surface area contributed by atoms with E-state index in [1.807, 2.05) is 0 Å². The zero-order valence-electron chi connectivity index (χ0n) is 5.61. The molecule has 0 atom stereocenters. The summed E-state index contributed by atoms with van der Waals surface area (Å²) in [6, 6.07) is 5.03. The van der Waals surface area contributed by atoms with Gasteiger partial charge >= 0.3 is 0 Å². The average molecular weight is 185 g/mol. The molecule has 0 aromatic heterocycles. The standard InChI is InChI=1S/C7H7NOS2/c8-7(9)5-3-4(10)1-2-6(5)11/h1-3,10-11H,(H2,8,9). The number of hydrogen-bond donors (Lipinski definition) is 3. The highest BCUT2D eigenvalue weighted by molar-refractivity contribution is 7.80. The second-order valence-corrected chi connectivity index (χ2v) is 3.06. The molecule has 1 aromatic rings. The number of primary amides is 1. The van der Waals surface area contributed by atoms with E-state index in [2.05, 4.69) is 25.3 Å². The summed E-state index contributed by atoms with van der Waals surface area (Å²) in [6.07, 6.45) is 0. The first-order valence-electron chi connectivity index (χ1n) is 2.93. The van der Waals surface area contributed by atoms with Crippen molar-refractivity contribution in [3.05, 3.63) is 23.8 Å². The van der Waals surface area contributed by atoms with Gasteiger partial charge in [-0.15, -0.1) is 25.3 Å². The molecule has 0 spiro atoms. The van der Waals surface area contributed by atoms with Crippen molar-refractivity contribution in [3.63, 3.8) is 0 Å². The van der Waals surface area contributed by atoms with Crippen molar-refractivity contribution in [2.24, 2.45) is 5.73 Å². The minimum absolute atomic E-state index is 0.404. The minimum Gasteiger partial charge on any atom is -0.366 e. The predicted molar refractivity (Wildman–Crippen MR) is 49.5 cm³/mol. The van der Waals surface area contributed by atoms with Crippen molar-refractivity contribution in [1.29, 1.82) is 0 Å². The molecule has 0 aliphatic heterocycles. The van der Waals surface area contributed by atoms with Crippen LogP contribution in [0.4, 0.5) is 0 Å². The van der Waals surface area contributed by atoms with E-state index in [0.717, 1.165) is 0 Å². The maximum atomic E-state index is 10.7. The number of nitrogens with two attached hydrogens (primary N) is 1. The van der Waals surface area contributed by atoms with Crippen molar-refractivity contribution < 1.29 is 4.79 Å². The Hall–Kier alpha value is -0.610. The van der Waals surface area contributed by atoms with E-state index in [4.69, 9.17) is 5.73 Å². The van der Waals surface area contributed by atoms with Gasteiger partial charge in [-0.1, -0.05) is 0 Å². The number of thiol groups is 2. The molecule has 1 rings (SSSR count). The summed E-state index contributed by atoms with van der Waals surface area (Å²) < 4.78 is 0. The zero-order chi connectivity index (χ0) is 8.43. The summed E-state index contributed by atoms with van der Waals surface area (Å²) in [5.41, 5.74) is 5.47. The van der Waals surface area contributed by atoms with Crippen molar-refractivity contribution in [3.8, 4) is 0 Å². The molecule has 1 amide bonds. The summed E-state index contributed by atoms with van der Waals surface area (Å²) in [4.78, 5) is 12.0. The summed E-state index contributed by atoms with van der Waals surface area (Å²) in [5, 5.41) is 0. The van der Waals surface area contributed by atoms with Crippen molar-refractivity contribution >= 4 is 31.2 Å². The van der Waals surface area contributed by atoms with Gasteiger partial charge < -0.3 is 5.73 Å². The Labute approximate surface area is 75.6 Å². The van der Waals surface area contributed by atoms with Gasteiger partial charge in [-0.2, -0.15) is 0 Å². The lowest BCUT2D eigenvalue weighted by Gasteiger charge is -1.99. The van der Waals surface area contributed by atoms with E-state index in [1.165, 1.54) is 0 Å². The van der Waals surface area contributed by atoms with Crippen LogP contribution >= 0.6 is 25.3 Å². The van der Waals surface area contributed by atoms with Crippen molar-refractivity contribution in [2.75, 3.05) is 0 Å². The van der Waals surface area contributed by atoms with Crippen LogP contribution in [0.15, 0.2) is 28.0 Å². The van der Waals surface area contributed by atoms with Gasteiger partial charge in [0.25, 0.3) is 0 Å². The Morgan fingerprint density at radius 3 is 2.45 bits per heavy atom. The third-order valence-corrected chi connectivity index (χ3v) is 1.91. The van der Waals surface area contributed by atoms with Gasteiger partial charge in [0.1, 0.15) is 0 Å². The SMILES string of the molecule is NC(=O)c1cc(S)ccc1S. The summed E-state index contributed by atoms with van der Waals surface area (Å²) >= 11 is 8.10. The molecule has 11 heavy (non-hydrogen) atoms. The highest BCUT2D eigenvalue weighted by Gasteiger charge is 2.04. The van der Waals surface area contributed by atoms with Gasteiger partial charge in [0.15, 0.2) is 0 Å². The summed E-state index contributed by atoms with van der Waals surface area (Å²) in [6.45, 7) is 0. The number of amides is 1. The Kier molecular flexibility index (Phi) is 2.46. The first-order valence-corrected chi connectivity index (χ1v) is 3.82. The Morgan fingerprint density at radius 2 is 2.00 bits per heavy atom. The molecule has 4 heteroatoms. The van der Waals surface area contributed by atoms with Gasteiger partial charge in [0, 0.05) is 9.79 Å². The molecule has 0 aliphatic rings. The molecule has 0 bridgehead atoms. The van der Waals surface area contributed by atoms with Gasteiger partial charge in [-0.05, 0) is 18.2 Å². The maximum Gasteiger partial charge on any atom is 0.249 e. The van der Waals surface area contributed by atoms with Crippen LogP contribution in [0, 0.1) is 0 Å². The third kappa shape index (κ3) is 1.91. The quantitative estimate of drug-likeness (QED) is 0.568. The number of carbonyl (C=O) groups is 1. The molecule has 2 nitrogen and oxygen atoms in total. The normalized spacial score (nSPS) is 9.64. The van der Waals surface area contributed by atoms with Crippen LogP contribution < -0.4 is 5.73 Å². The van der Waals surface area contributed by atoms with Gasteiger partial charge in [0.2, 0.25) is 5.91 Å². The van der Waals surface area contributed by atoms with Crippen molar-refractivity contribution in [1.82, 2.24) is 0 Å². The molecule has 0 heterocycles. The fourth-order valence-corrected chi connectivity index (χ4v) is 1.17. The Bertz CT molecular complexity index is 298. The maximum absolute atomic E-state index is 10.7. The fourth-order valence-electron chi connectivity index (χ4n) is 0.721. The number of carbonyl (C=O) groups excluding carboxylic acids is 1. The predicted octanol–water partition coefficient (Wildman–Crippen LogP) is 1.36. The van der Waals surface area contributed by atoms with Crippen LogP contribution in [0.2, 0.25) is 0 Å². The number of hydrogen-bond acceptors (Lipinski definition) is 3. The third-order valence-electron chi connectivity index (χ3n) is 1.25. The van der Waals surface area contributed by atoms with E-state index in [-0.39, 0.29) is 0 Å². The molecular weight excluding hydrogens is 178 g/mol. The smallest absolute Gasteiger partial charge is 0.249 e. The molecule has 58 valence electrons. The summed E-state index contributed by atoms with van der Waals surface area (Å²) in [7, 11) is 0. The highest BCUT2D eigenvalue weighted by atomic mass is 32.1. The molecule has 0 saturated heterocycles. The topological polar surface area (TPSA) is 43.1 Å². The van der Waals surface area contributed by atoms with E-state index in [1.54, 1.807) is 18.2 Å². The Balaban J connectivity index is 3.23. The molecule has 0 unspecified atom stereocenters. The molecule has 2 N–H and O–H groups in total. The number of benzene rings is 1. The van der Waals surface area contributed by atoms with Gasteiger partial charge in [0.05, 0.1) is 5.56 Å². The second kappa shape index (κ2) is 3.19. The van der Waals surface area contributed by atoms with Crippen LogP contribution in [-0.4, -0.2) is 5.91 Å². The zero-order valence-corrected chi connectivity index (χ0v) is 7.40. The molecule has 0 aliphatic carbocycles. The Morgan fingerprint density at radius 1 is 1.36 bits per heavy atom. The minimum atomic E-state index is -0.481. The van der Waals surface area contributed by atoms with E-state index < -0.39 is 5.91 Å². The molecule has 0 fully saturated rings. The summed E-state index contributed by atoms with van der Waals surface area (Å²) in [5.74, 6) is -0.481. The highest BCUT2D eigenvalue weighted by Crippen LogP contribution is 2.16. The van der Waals surface area contributed by atoms with E-state index in [0.29, 0.717) is 15.4 Å². The van der Waals surface area contributed by atoms with E-state index in [9.17, 15) is 4.79 Å². The molecular formula is C7H7NOS2. The first-order chi connectivity index (χ1) is 5.11. The van der Waals surface area contributed by atoms with Crippen molar-refractivity contribution in [2.45, 2.75) is 9.79 Å². The first kappa shape index (κ1) is 8.49. The molecule has 1 aromatic carbocycles. The lowest BCUT2D eigenvalue weighted by Crippen LogP contribution is -2.11. The van der Waals surface area contributed by atoms with Gasteiger partial charge in [-0.25, -0.2) is 0 Å². The van der Waals surface area contributed by atoms with Crippen LogP contribution in [0.3, 0.4) is 0 Å². The largest absolute Gasteiger partial charge is 0.366 e. The van der Waals surface area contributed by atoms with E-state index >= 15 is 0 Å². The second-order valence-electron chi connectivity index (χ2n) is 2.07. The monoisotopic (exact) mass is 185 g/mol.